The fourth-order valence-electron chi connectivity index (χ4n) is 3.61. The first-order valence-electron chi connectivity index (χ1n) is 11.2. The molecule has 0 unspecified atom stereocenters. The van der Waals surface area contributed by atoms with Crippen LogP contribution >= 0.6 is 15.9 Å². The van der Waals surface area contributed by atoms with Gasteiger partial charge in [0, 0.05) is 10.0 Å². The van der Waals surface area contributed by atoms with E-state index >= 15 is 0 Å². The summed E-state index contributed by atoms with van der Waals surface area (Å²) in [7, 11) is 0. The van der Waals surface area contributed by atoms with Crippen molar-refractivity contribution >= 4 is 38.8 Å². The molecule has 1 amide bonds. The van der Waals surface area contributed by atoms with E-state index in [1.807, 2.05) is 49.4 Å². The summed E-state index contributed by atoms with van der Waals surface area (Å²) >= 11 is 3.53. The van der Waals surface area contributed by atoms with Gasteiger partial charge in [-0.15, -0.1) is 0 Å². The molecule has 1 N–H and O–H groups in total. The van der Waals surface area contributed by atoms with Crippen LogP contribution in [0.5, 0.6) is 11.5 Å². The van der Waals surface area contributed by atoms with Crippen molar-refractivity contribution in [3.05, 3.63) is 106 Å². The van der Waals surface area contributed by atoms with E-state index in [1.165, 1.54) is 12.1 Å². The number of hydrazone groups is 1. The van der Waals surface area contributed by atoms with Crippen LogP contribution in [0.1, 0.15) is 23.6 Å². The molecule has 0 aromatic heterocycles. The monoisotopic (exact) mass is 534 g/mol. The maximum absolute atomic E-state index is 13.1. The van der Waals surface area contributed by atoms with Gasteiger partial charge in [-0.25, -0.2) is 9.82 Å². The number of ether oxygens (including phenoxy) is 2. The minimum Gasteiger partial charge on any atom is -0.490 e. The number of amides is 1. The summed E-state index contributed by atoms with van der Waals surface area (Å²) in [4.78, 5) is 12.5. The van der Waals surface area contributed by atoms with Crippen LogP contribution in [0.4, 0.5) is 4.39 Å². The first kappa shape index (κ1) is 24.4. The lowest BCUT2D eigenvalue weighted by atomic mass is 10.0. The average molecular weight is 535 g/mol. The molecular weight excluding hydrogens is 511 g/mol. The summed E-state index contributed by atoms with van der Waals surface area (Å²) in [5.74, 6) is 0.582. The Hall–Kier alpha value is -3.71. The Morgan fingerprint density at radius 1 is 1.00 bits per heavy atom. The van der Waals surface area contributed by atoms with E-state index in [0.717, 1.165) is 26.4 Å². The van der Waals surface area contributed by atoms with Crippen LogP contribution in [-0.2, 0) is 17.8 Å². The van der Waals surface area contributed by atoms with Gasteiger partial charge in [0.2, 0.25) is 5.91 Å². The van der Waals surface area contributed by atoms with Gasteiger partial charge in [-0.2, -0.15) is 5.10 Å². The molecule has 35 heavy (non-hydrogen) atoms. The summed E-state index contributed by atoms with van der Waals surface area (Å²) in [6.07, 6.45) is 1.78. The van der Waals surface area contributed by atoms with E-state index in [1.54, 1.807) is 30.5 Å². The van der Waals surface area contributed by atoms with Crippen molar-refractivity contribution in [1.82, 2.24) is 5.43 Å². The van der Waals surface area contributed by atoms with E-state index in [9.17, 15) is 9.18 Å². The number of halogens is 2. The Kier molecular flexibility index (Phi) is 8.11. The molecular formula is C28H24BrFN2O3. The molecule has 0 aliphatic rings. The Balaban J connectivity index is 1.43. The molecule has 0 atom stereocenters. The molecule has 0 saturated carbocycles. The van der Waals surface area contributed by atoms with Crippen LogP contribution in [-0.4, -0.2) is 18.7 Å². The second-order valence-electron chi connectivity index (χ2n) is 7.78. The van der Waals surface area contributed by atoms with E-state index in [2.05, 4.69) is 26.5 Å². The predicted molar refractivity (Wildman–Crippen MR) is 139 cm³/mol. The van der Waals surface area contributed by atoms with Crippen molar-refractivity contribution in [2.75, 3.05) is 6.61 Å². The second kappa shape index (κ2) is 11.6. The van der Waals surface area contributed by atoms with Crippen molar-refractivity contribution in [3.8, 4) is 11.5 Å². The Labute approximate surface area is 211 Å². The topological polar surface area (TPSA) is 59.9 Å². The van der Waals surface area contributed by atoms with Crippen molar-refractivity contribution < 1.29 is 18.7 Å². The molecule has 0 bridgehead atoms. The number of carbonyl (C=O) groups is 1. The highest BCUT2D eigenvalue weighted by Crippen LogP contribution is 2.34. The average Bonchev–Trinajstić information content (AvgIpc) is 2.86. The highest BCUT2D eigenvalue weighted by Gasteiger charge is 2.11. The Morgan fingerprint density at radius 3 is 2.54 bits per heavy atom. The van der Waals surface area contributed by atoms with E-state index in [4.69, 9.17) is 9.47 Å². The third-order valence-corrected chi connectivity index (χ3v) is 5.98. The summed E-state index contributed by atoms with van der Waals surface area (Å²) in [5.41, 5.74) is 5.09. The smallest absolute Gasteiger partial charge is 0.244 e. The quantitative estimate of drug-likeness (QED) is 0.199. The molecule has 0 aliphatic carbocycles. The third-order valence-electron chi connectivity index (χ3n) is 5.29. The molecule has 0 saturated heterocycles. The number of hydrogen-bond acceptors (Lipinski definition) is 4. The predicted octanol–water partition coefficient (Wildman–Crippen LogP) is 6.41. The van der Waals surface area contributed by atoms with Gasteiger partial charge in [-0.1, -0.05) is 54.6 Å². The third kappa shape index (κ3) is 6.45. The van der Waals surface area contributed by atoms with Gasteiger partial charge in [0.15, 0.2) is 11.5 Å². The molecule has 0 fully saturated rings. The maximum Gasteiger partial charge on any atom is 0.244 e. The number of carbonyl (C=O) groups excluding carboxylic acids is 1. The molecule has 0 heterocycles. The van der Waals surface area contributed by atoms with Crippen molar-refractivity contribution in [3.63, 3.8) is 0 Å². The van der Waals surface area contributed by atoms with Crippen LogP contribution in [0, 0.1) is 5.82 Å². The molecule has 7 heteroatoms. The number of rotatable bonds is 9. The van der Waals surface area contributed by atoms with Crippen LogP contribution in [0.15, 0.2) is 88.4 Å². The van der Waals surface area contributed by atoms with Crippen LogP contribution < -0.4 is 14.9 Å². The van der Waals surface area contributed by atoms with Crippen LogP contribution in [0.25, 0.3) is 10.8 Å². The normalized spacial score (nSPS) is 11.1. The van der Waals surface area contributed by atoms with E-state index in [-0.39, 0.29) is 24.8 Å². The number of nitrogens with one attached hydrogen (secondary N) is 1. The highest BCUT2D eigenvalue weighted by molar-refractivity contribution is 9.10. The zero-order chi connectivity index (χ0) is 24.6. The van der Waals surface area contributed by atoms with E-state index < -0.39 is 0 Å². The second-order valence-corrected chi connectivity index (χ2v) is 8.63. The molecule has 0 aliphatic heterocycles. The molecule has 0 radical (unpaired) electrons. The zero-order valence-corrected chi connectivity index (χ0v) is 20.7. The number of fused-ring (bicyclic) bond motifs is 1. The molecule has 4 aromatic carbocycles. The molecule has 4 rings (SSSR count). The van der Waals surface area contributed by atoms with Gasteiger partial charge >= 0.3 is 0 Å². The lowest BCUT2D eigenvalue weighted by molar-refractivity contribution is -0.120. The van der Waals surface area contributed by atoms with Gasteiger partial charge in [-0.3, -0.25) is 4.79 Å². The molecule has 0 spiro atoms. The Morgan fingerprint density at radius 2 is 1.74 bits per heavy atom. The number of benzene rings is 4. The first-order chi connectivity index (χ1) is 17.0. The lowest BCUT2D eigenvalue weighted by Gasteiger charge is -2.14. The van der Waals surface area contributed by atoms with Crippen LogP contribution in [0.2, 0.25) is 0 Å². The van der Waals surface area contributed by atoms with Gasteiger partial charge < -0.3 is 9.47 Å². The molecule has 4 aromatic rings. The summed E-state index contributed by atoms with van der Waals surface area (Å²) < 4.78 is 25.5. The minimum atomic E-state index is -0.292. The maximum atomic E-state index is 13.1. The summed E-state index contributed by atoms with van der Waals surface area (Å²) in [6.45, 7) is 2.60. The molecule has 178 valence electrons. The highest BCUT2D eigenvalue weighted by atomic mass is 79.9. The fraction of sp³-hybridized carbons (Fsp3) is 0.143. The van der Waals surface area contributed by atoms with E-state index in [0.29, 0.717) is 23.7 Å². The van der Waals surface area contributed by atoms with Crippen molar-refractivity contribution in [2.45, 2.75) is 20.0 Å². The lowest BCUT2D eigenvalue weighted by Crippen LogP contribution is -2.20. The number of nitrogens with zero attached hydrogens (tertiary/aromatic N) is 1. The SMILES string of the molecule is CCOc1cc(/C=N\NC(=O)Cc2cccc3ccccc23)c(Br)cc1OCc1ccc(F)cc1. The van der Waals surface area contributed by atoms with Gasteiger partial charge in [0.25, 0.3) is 0 Å². The van der Waals surface area contributed by atoms with Crippen molar-refractivity contribution in [1.29, 1.82) is 0 Å². The minimum absolute atomic E-state index is 0.210. The zero-order valence-electron chi connectivity index (χ0n) is 19.1. The van der Waals surface area contributed by atoms with Gasteiger partial charge in [0.05, 0.1) is 19.2 Å². The Bertz CT molecular complexity index is 1350. The number of hydrogen-bond donors (Lipinski definition) is 1. The van der Waals surface area contributed by atoms with Gasteiger partial charge in [-0.05, 0) is 69.0 Å². The van der Waals surface area contributed by atoms with Gasteiger partial charge in [0.1, 0.15) is 12.4 Å². The van der Waals surface area contributed by atoms with Crippen LogP contribution in [0.3, 0.4) is 0 Å². The molecule has 5 nitrogen and oxygen atoms in total. The van der Waals surface area contributed by atoms with Crippen molar-refractivity contribution in [2.24, 2.45) is 5.10 Å². The fourth-order valence-corrected chi connectivity index (χ4v) is 4.03. The standard InChI is InChI=1S/C28H24BrFN2O3/c1-2-34-26-14-22(25(29)16-27(26)35-18-19-10-12-23(30)13-11-19)17-31-32-28(33)15-21-8-5-7-20-6-3-4-9-24(20)21/h3-14,16-17H,2,15,18H2,1H3,(H,32,33)/b31-17-. The first-order valence-corrected chi connectivity index (χ1v) is 11.9. The summed E-state index contributed by atoms with van der Waals surface area (Å²) in [6, 6.07) is 23.6. The summed E-state index contributed by atoms with van der Waals surface area (Å²) in [5, 5.41) is 6.27. The largest absolute Gasteiger partial charge is 0.490 e.